The zero-order valence-corrected chi connectivity index (χ0v) is 18.9. The van der Waals surface area contributed by atoms with E-state index in [-0.39, 0.29) is 16.6 Å². The molecule has 0 bridgehead atoms. The molecule has 0 atom stereocenters. The molecule has 0 spiro atoms. The van der Waals surface area contributed by atoms with Crippen LogP contribution in [0.1, 0.15) is 18.1 Å². The third-order valence-electron chi connectivity index (χ3n) is 5.19. The van der Waals surface area contributed by atoms with Crippen molar-refractivity contribution >= 4 is 20.7 Å². The predicted molar refractivity (Wildman–Crippen MR) is 116 cm³/mol. The number of alkyl halides is 6. The fourth-order valence-electron chi connectivity index (χ4n) is 3.34. The largest absolute Gasteiger partial charge is 0.417 e. The van der Waals surface area contributed by atoms with Gasteiger partial charge in [0.2, 0.25) is 0 Å². The van der Waals surface area contributed by atoms with Crippen molar-refractivity contribution in [3.63, 3.8) is 0 Å². The second-order valence-corrected chi connectivity index (χ2v) is 9.77. The van der Waals surface area contributed by atoms with E-state index in [1.807, 2.05) is 0 Å². The van der Waals surface area contributed by atoms with Crippen molar-refractivity contribution in [2.24, 2.45) is 0 Å². The molecule has 36 heavy (non-hydrogen) atoms. The minimum absolute atomic E-state index is 0.0201. The first-order valence-electron chi connectivity index (χ1n) is 10.1. The monoisotopic (exact) mass is 528 g/mol. The van der Waals surface area contributed by atoms with Crippen molar-refractivity contribution < 1.29 is 34.8 Å². The zero-order chi connectivity index (χ0) is 26.5. The minimum atomic E-state index is -4.72. The van der Waals surface area contributed by atoms with Gasteiger partial charge in [0.25, 0.3) is 5.56 Å². The Kier molecular flexibility index (Phi) is 6.11. The van der Waals surface area contributed by atoms with Crippen molar-refractivity contribution in [1.82, 2.24) is 19.7 Å². The molecular formula is C22H14F6N4O3S. The van der Waals surface area contributed by atoms with E-state index in [9.17, 15) is 39.6 Å². The van der Waals surface area contributed by atoms with E-state index in [2.05, 4.69) is 15.1 Å². The van der Waals surface area contributed by atoms with Crippen molar-refractivity contribution in [3.05, 3.63) is 76.3 Å². The van der Waals surface area contributed by atoms with Gasteiger partial charge in [-0.25, -0.2) is 18.4 Å². The van der Waals surface area contributed by atoms with Crippen molar-refractivity contribution in [2.75, 3.05) is 5.75 Å². The van der Waals surface area contributed by atoms with Gasteiger partial charge in [0, 0.05) is 17.1 Å². The topological polar surface area (TPSA) is 94.8 Å². The summed E-state index contributed by atoms with van der Waals surface area (Å²) in [6.07, 6.45) is -8.04. The van der Waals surface area contributed by atoms with Crippen LogP contribution in [0.3, 0.4) is 0 Å². The van der Waals surface area contributed by atoms with Crippen LogP contribution in [0.15, 0.2) is 64.5 Å². The molecule has 0 saturated carbocycles. The Balaban J connectivity index is 1.97. The summed E-state index contributed by atoms with van der Waals surface area (Å²) in [6.45, 7) is 1.33. The summed E-state index contributed by atoms with van der Waals surface area (Å²) in [7, 11) is -4.01. The van der Waals surface area contributed by atoms with E-state index >= 15 is 0 Å². The molecule has 0 aliphatic rings. The van der Waals surface area contributed by atoms with Crippen LogP contribution >= 0.6 is 0 Å². The molecule has 4 rings (SSSR count). The number of benzene rings is 1. The van der Waals surface area contributed by atoms with Crippen LogP contribution in [0.4, 0.5) is 26.3 Å². The van der Waals surface area contributed by atoms with Gasteiger partial charge in [-0.2, -0.15) is 36.1 Å². The highest BCUT2D eigenvalue weighted by molar-refractivity contribution is 7.91. The summed E-state index contributed by atoms with van der Waals surface area (Å²) >= 11 is 0. The van der Waals surface area contributed by atoms with Gasteiger partial charge < -0.3 is 0 Å². The fourth-order valence-corrected chi connectivity index (χ4v) is 4.34. The van der Waals surface area contributed by atoms with Gasteiger partial charge >= 0.3 is 12.4 Å². The first-order chi connectivity index (χ1) is 16.7. The molecule has 4 aromatic rings. The first-order valence-corrected chi connectivity index (χ1v) is 11.7. The van der Waals surface area contributed by atoms with Crippen LogP contribution in [0.2, 0.25) is 0 Å². The number of sulfone groups is 1. The Labute approximate surface area is 199 Å². The Hall–Kier alpha value is -3.81. The molecule has 188 valence electrons. The minimum Gasteiger partial charge on any atom is -0.265 e. The number of pyridine rings is 2. The maximum absolute atomic E-state index is 13.2. The van der Waals surface area contributed by atoms with E-state index < -0.39 is 60.9 Å². The van der Waals surface area contributed by atoms with Gasteiger partial charge in [-0.3, -0.25) is 4.79 Å². The highest BCUT2D eigenvalue weighted by Gasteiger charge is 2.32. The second-order valence-electron chi connectivity index (χ2n) is 7.52. The number of halogens is 6. The van der Waals surface area contributed by atoms with Crippen molar-refractivity contribution in [1.29, 1.82) is 0 Å². The van der Waals surface area contributed by atoms with Gasteiger partial charge in [-0.1, -0.05) is 19.1 Å². The lowest BCUT2D eigenvalue weighted by molar-refractivity contribution is -0.138. The van der Waals surface area contributed by atoms with Gasteiger partial charge in [-0.15, -0.1) is 0 Å². The average molecular weight is 528 g/mol. The molecule has 0 saturated heterocycles. The molecule has 0 unspecified atom stereocenters. The van der Waals surface area contributed by atoms with Crippen LogP contribution in [-0.4, -0.2) is 33.9 Å². The molecule has 0 fully saturated rings. The summed E-state index contributed by atoms with van der Waals surface area (Å²) in [6, 6.07) is 7.02. The number of hydrogen-bond acceptors (Lipinski definition) is 6. The quantitative estimate of drug-likeness (QED) is 0.357. The normalized spacial score (nSPS) is 12.8. The van der Waals surface area contributed by atoms with E-state index in [1.54, 1.807) is 0 Å². The van der Waals surface area contributed by atoms with Crippen LogP contribution in [-0.2, 0) is 22.2 Å². The van der Waals surface area contributed by atoms with Gasteiger partial charge in [0.15, 0.2) is 15.7 Å². The number of hydrogen-bond donors (Lipinski definition) is 0. The predicted octanol–water partition coefficient (Wildman–Crippen LogP) is 4.67. The number of rotatable bonds is 4. The van der Waals surface area contributed by atoms with Gasteiger partial charge in [-0.05, 0) is 30.3 Å². The lowest BCUT2D eigenvalue weighted by Crippen LogP contribution is -2.25. The number of aromatic nitrogens is 4. The summed E-state index contributed by atoms with van der Waals surface area (Å²) in [5, 5.41) is 3.54. The molecule has 3 aromatic heterocycles. The zero-order valence-electron chi connectivity index (χ0n) is 18.1. The molecule has 7 nitrogen and oxygen atoms in total. The molecule has 0 aliphatic heterocycles. The number of nitrogens with zero attached hydrogens (tertiary/aromatic N) is 4. The maximum atomic E-state index is 13.2. The Morgan fingerprint density at radius 2 is 1.61 bits per heavy atom. The molecule has 0 radical (unpaired) electrons. The molecule has 0 N–H and O–H groups in total. The SMILES string of the molecule is CCS(=O)(=O)c1ccc(-c2cccc(C(F)(F)F)c2)nc1-n1ncc2cc(C(F)(F)F)cnc2c1=O. The summed E-state index contributed by atoms with van der Waals surface area (Å²) in [5.41, 5.74) is -3.72. The Morgan fingerprint density at radius 1 is 0.917 bits per heavy atom. The third-order valence-corrected chi connectivity index (χ3v) is 6.94. The van der Waals surface area contributed by atoms with E-state index in [0.717, 1.165) is 30.5 Å². The summed E-state index contributed by atoms with van der Waals surface area (Å²) < 4.78 is 104. The van der Waals surface area contributed by atoms with Crippen LogP contribution < -0.4 is 5.56 Å². The van der Waals surface area contributed by atoms with Crippen molar-refractivity contribution in [2.45, 2.75) is 24.2 Å². The molecule has 3 heterocycles. The van der Waals surface area contributed by atoms with Crippen molar-refractivity contribution in [3.8, 4) is 17.1 Å². The fraction of sp³-hybridized carbons (Fsp3) is 0.182. The Bertz CT molecular complexity index is 1650. The molecule has 0 aliphatic carbocycles. The summed E-state index contributed by atoms with van der Waals surface area (Å²) in [5.74, 6) is -0.930. The van der Waals surface area contributed by atoms with E-state index in [1.165, 1.54) is 19.1 Å². The Morgan fingerprint density at radius 3 is 2.25 bits per heavy atom. The maximum Gasteiger partial charge on any atom is 0.417 e. The summed E-state index contributed by atoms with van der Waals surface area (Å²) in [4.78, 5) is 20.3. The lowest BCUT2D eigenvalue weighted by Gasteiger charge is -2.13. The smallest absolute Gasteiger partial charge is 0.265 e. The lowest BCUT2D eigenvalue weighted by atomic mass is 10.1. The van der Waals surface area contributed by atoms with Gasteiger partial charge in [0.05, 0.1) is 28.8 Å². The highest BCUT2D eigenvalue weighted by atomic mass is 32.2. The van der Waals surface area contributed by atoms with Crippen LogP contribution in [0, 0.1) is 0 Å². The standard InChI is InChI=1S/C22H14F6N4O3S/c1-2-36(34,35)17-7-6-16(12-4-3-5-14(8-12)21(23,24)25)31-19(17)32-20(33)18-13(10-30-32)9-15(11-29-18)22(26,27)28/h3-11H,2H2,1H3. The molecule has 0 amide bonds. The van der Waals surface area contributed by atoms with E-state index in [4.69, 9.17) is 0 Å². The van der Waals surface area contributed by atoms with Crippen LogP contribution in [0.5, 0.6) is 0 Å². The first kappa shape index (κ1) is 25.3. The third kappa shape index (κ3) is 4.67. The molecular weight excluding hydrogens is 514 g/mol. The van der Waals surface area contributed by atoms with Gasteiger partial charge in [0.1, 0.15) is 10.4 Å². The molecule has 1 aromatic carbocycles. The second kappa shape index (κ2) is 8.69. The highest BCUT2D eigenvalue weighted by Crippen LogP contribution is 2.33. The average Bonchev–Trinajstić information content (AvgIpc) is 2.82. The van der Waals surface area contributed by atoms with E-state index in [0.29, 0.717) is 16.9 Å². The molecule has 14 heteroatoms. The van der Waals surface area contributed by atoms with Crippen LogP contribution in [0.25, 0.3) is 28.0 Å². The number of fused-ring (bicyclic) bond motifs is 1.